The Bertz CT molecular complexity index is 838. The van der Waals surface area contributed by atoms with E-state index in [2.05, 4.69) is 4.90 Å². The first-order valence-corrected chi connectivity index (χ1v) is 10.5. The molecule has 1 amide bonds. The number of rotatable bonds is 9. The third kappa shape index (κ3) is 5.25. The molecular weight excluding hydrogens is 380 g/mol. The molecule has 6 nitrogen and oxygen atoms in total. The van der Waals surface area contributed by atoms with E-state index in [1.165, 1.54) is 0 Å². The number of carbonyl (C=O) groups excluding carboxylic acids is 1. The summed E-state index contributed by atoms with van der Waals surface area (Å²) in [5.41, 5.74) is 2.25. The third-order valence-corrected chi connectivity index (χ3v) is 5.46. The van der Waals surface area contributed by atoms with Crippen molar-refractivity contribution in [1.82, 2.24) is 9.80 Å². The van der Waals surface area contributed by atoms with Crippen LogP contribution in [0.4, 0.5) is 0 Å². The number of methoxy groups -OCH3 is 2. The second-order valence-electron chi connectivity index (χ2n) is 7.61. The minimum Gasteiger partial charge on any atom is -0.494 e. The SMILES string of the molecule is CCOc1ccc(CN(C)CC(=O)N2CCCC2c2ccc(OC)c(OC)c2)cc1. The Labute approximate surface area is 179 Å². The van der Waals surface area contributed by atoms with Gasteiger partial charge in [-0.05, 0) is 62.2 Å². The van der Waals surface area contributed by atoms with E-state index in [9.17, 15) is 4.79 Å². The molecule has 1 saturated heterocycles. The highest BCUT2D eigenvalue weighted by Gasteiger charge is 2.30. The van der Waals surface area contributed by atoms with Gasteiger partial charge >= 0.3 is 0 Å². The van der Waals surface area contributed by atoms with Crippen LogP contribution in [0.3, 0.4) is 0 Å². The van der Waals surface area contributed by atoms with Crippen molar-refractivity contribution < 1.29 is 19.0 Å². The molecule has 0 radical (unpaired) electrons. The summed E-state index contributed by atoms with van der Waals surface area (Å²) in [6, 6.07) is 14.1. The van der Waals surface area contributed by atoms with E-state index < -0.39 is 0 Å². The Balaban J connectivity index is 1.62. The molecule has 1 atom stereocenters. The molecule has 0 spiro atoms. The topological polar surface area (TPSA) is 51.2 Å². The lowest BCUT2D eigenvalue weighted by molar-refractivity contribution is -0.133. The van der Waals surface area contributed by atoms with Gasteiger partial charge in [0, 0.05) is 13.1 Å². The van der Waals surface area contributed by atoms with Crippen molar-refractivity contribution >= 4 is 5.91 Å². The van der Waals surface area contributed by atoms with Gasteiger partial charge in [-0.3, -0.25) is 9.69 Å². The van der Waals surface area contributed by atoms with Crippen molar-refractivity contribution in [2.24, 2.45) is 0 Å². The van der Waals surface area contributed by atoms with Crippen molar-refractivity contribution in [1.29, 1.82) is 0 Å². The lowest BCUT2D eigenvalue weighted by atomic mass is 10.0. The van der Waals surface area contributed by atoms with E-state index >= 15 is 0 Å². The van der Waals surface area contributed by atoms with Crippen LogP contribution in [0.2, 0.25) is 0 Å². The summed E-state index contributed by atoms with van der Waals surface area (Å²) in [7, 11) is 5.24. The summed E-state index contributed by atoms with van der Waals surface area (Å²) >= 11 is 0. The Morgan fingerprint density at radius 3 is 2.50 bits per heavy atom. The molecule has 1 unspecified atom stereocenters. The molecule has 2 aromatic rings. The molecule has 1 aliphatic heterocycles. The van der Waals surface area contributed by atoms with E-state index in [-0.39, 0.29) is 11.9 Å². The predicted octanol–water partition coefficient (Wildman–Crippen LogP) is 3.90. The van der Waals surface area contributed by atoms with E-state index in [0.717, 1.165) is 36.3 Å². The highest BCUT2D eigenvalue weighted by Crippen LogP contribution is 2.37. The fourth-order valence-electron chi connectivity index (χ4n) is 4.02. The summed E-state index contributed by atoms with van der Waals surface area (Å²) in [5.74, 6) is 2.42. The maximum absolute atomic E-state index is 13.1. The number of hydrogen-bond acceptors (Lipinski definition) is 5. The second kappa shape index (κ2) is 10.3. The standard InChI is InChI=1S/C24H32N2O4/c1-5-30-20-11-8-18(9-12-20)16-25(2)17-24(27)26-14-6-7-21(26)19-10-13-22(28-3)23(15-19)29-4/h8-13,15,21H,5-7,14,16-17H2,1-4H3. The van der Waals surface area contributed by atoms with Gasteiger partial charge < -0.3 is 19.1 Å². The number of hydrogen-bond donors (Lipinski definition) is 0. The highest BCUT2D eigenvalue weighted by molar-refractivity contribution is 5.79. The average Bonchev–Trinajstić information content (AvgIpc) is 3.25. The van der Waals surface area contributed by atoms with Crippen LogP contribution in [0.5, 0.6) is 17.2 Å². The maximum atomic E-state index is 13.1. The molecule has 1 fully saturated rings. The Kier molecular flexibility index (Phi) is 7.57. The average molecular weight is 413 g/mol. The summed E-state index contributed by atoms with van der Waals surface area (Å²) in [6.45, 7) is 4.52. The number of carbonyl (C=O) groups is 1. The molecule has 0 aliphatic carbocycles. The van der Waals surface area contributed by atoms with Gasteiger partial charge in [-0.2, -0.15) is 0 Å². The van der Waals surface area contributed by atoms with Gasteiger partial charge in [-0.1, -0.05) is 18.2 Å². The van der Waals surface area contributed by atoms with Gasteiger partial charge in [0.2, 0.25) is 5.91 Å². The predicted molar refractivity (Wildman–Crippen MR) is 117 cm³/mol. The fourth-order valence-corrected chi connectivity index (χ4v) is 4.02. The van der Waals surface area contributed by atoms with Crippen molar-refractivity contribution in [3.63, 3.8) is 0 Å². The van der Waals surface area contributed by atoms with Crippen molar-refractivity contribution in [2.75, 3.05) is 41.0 Å². The fraction of sp³-hybridized carbons (Fsp3) is 0.458. The van der Waals surface area contributed by atoms with E-state index in [1.807, 2.05) is 61.3 Å². The quantitative estimate of drug-likeness (QED) is 0.625. The zero-order chi connectivity index (χ0) is 21.5. The zero-order valence-corrected chi connectivity index (χ0v) is 18.4. The molecule has 2 aromatic carbocycles. The van der Waals surface area contributed by atoms with Crippen LogP contribution < -0.4 is 14.2 Å². The first-order chi connectivity index (χ1) is 14.5. The monoisotopic (exact) mass is 412 g/mol. The van der Waals surface area contributed by atoms with E-state index in [4.69, 9.17) is 14.2 Å². The molecule has 0 bridgehead atoms. The van der Waals surface area contributed by atoms with Crippen LogP contribution in [0, 0.1) is 0 Å². The zero-order valence-electron chi connectivity index (χ0n) is 18.4. The van der Waals surface area contributed by atoms with Gasteiger partial charge in [0.05, 0.1) is 33.4 Å². The summed E-state index contributed by atoms with van der Waals surface area (Å²) in [4.78, 5) is 17.1. The van der Waals surface area contributed by atoms with Crippen LogP contribution in [-0.4, -0.2) is 56.7 Å². The summed E-state index contributed by atoms with van der Waals surface area (Å²) < 4.78 is 16.3. The first-order valence-electron chi connectivity index (χ1n) is 10.5. The van der Waals surface area contributed by atoms with E-state index in [0.29, 0.717) is 31.2 Å². The molecule has 162 valence electrons. The summed E-state index contributed by atoms with van der Waals surface area (Å²) in [6.07, 6.45) is 1.97. The van der Waals surface area contributed by atoms with Crippen LogP contribution >= 0.6 is 0 Å². The highest BCUT2D eigenvalue weighted by atomic mass is 16.5. The molecule has 0 aromatic heterocycles. The van der Waals surface area contributed by atoms with Crippen LogP contribution in [0.25, 0.3) is 0 Å². The first kappa shape index (κ1) is 22.0. The molecule has 0 saturated carbocycles. The Hall–Kier alpha value is -2.73. The van der Waals surface area contributed by atoms with E-state index in [1.54, 1.807) is 14.2 Å². The third-order valence-electron chi connectivity index (χ3n) is 5.46. The second-order valence-corrected chi connectivity index (χ2v) is 7.61. The van der Waals surface area contributed by atoms with Crippen molar-refractivity contribution in [2.45, 2.75) is 32.4 Å². The van der Waals surface area contributed by atoms with Crippen LogP contribution in [0.1, 0.15) is 36.9 Å². The van der Waals surface area contributed by atoms with Gasteiger partial charge in [0.1, 0.15) is 5.75 Å². The molecule has 6 heteroatoms. The molecular formula is C24H32N2O4. The summed E-state index contributed by atoms with van der Waals surface area (Å²) in [5, 5.41) is 0. The molecule has 3 rings (SSSR count). The maximum Gasteiger partial charge on any atom is 0.237 e. The van der Waals surface area contributed by atoms with Gasteiger partial charge in [-0.25, -0.2) is 0 Å². The van der Waals surface area contributed by atoms with Gasteiger partial charge in [0.25, 0.3) is 0 Å². The van der Waals surface area contributed by atoms with Crippen molar-refractivity contribution in [3.05, 3.63) is 53.6 Å². The Morgan fingerprint density at radius 1 is 1.10 bits per heavy atom. The van der Waals surface area contributed by atoms with Crippen LogP contribution in [0.15, 0.2) is 42.5 Å². The Morgan fingerprint density at radius 2 is 1.83 bits per heavy atom. The van der Waals surface area contributed by atoms with Gasteiger partial charge in [0.15, 0.2) is 11.5 Å². The molecule has 30 heavy (non-hydrogen) atoms. The van der Waals surface area contributed by atoms with Crippen molar-refractivity contribution in [3.8, 4) is 17.2 Å². The minimum atomic E-state index is 0.0798. The minimum absolute atomic E-state index is 0.0798. The normalized spacial score (nSPS) is 16.0. The number of benzene rings is 2. The molecule has 1 aliphatic rings. The number of amides is 1. The van der Waals surface area contributed by atoms with Gasteiger partial charge in [-0.15, -0.1) is 0 Å². The van der Waals surface area contributed by atoms with Crippen LogP contribution in [-0.2, 0) is 11.3 Å². The number of ether oxygens (including phenoxy) is 3. The molecule has 1 heterocycles. The largest absolute Gasteiger partial charge is 0.494 e. The number of likely N-dealkylation sites (tertiary alicyclic amines) is 1. The smallest absolute Gasteiger partial charge is 0.237 e. The number of nitrogens with zero attached hydrogens (tertiary/aromatic N) is 2. The molecule has 0 N–H and O–H groups in total. The lowest BCUT2D eigenvalue weighted by Gasteiger charge is -2.28. The lowest BCUT2D eigenvalue weighted by Crippen LogP contribution is -2.38. The number of likely N-dealkylation sites (N-methyl/N-ethyl adjacent to an activating group) is 1.